The summed E-state index contributed by atoms with van der Waals surface area (Å²) in [7, 11) is 0. The Balaban J connectivity index is 2.00. The van der Waals surface area contributed by atoms with Gasteiger partial charge >= 0.3 is 5.97 Å². The van der Waals surface area contributed by atoms with E-state index in [1.54, 1.807) is 0 Å². The minimum absolute atomic E-state index is 0.167. The summed E-state index contributed by atoms with van der Waals surface area (Å²) >= 11 is 0. The number of carbonyl (C=O) groups is 1. The van der Waals surface area contributed by atoms with E-state index in [1.807, 2.05) is 0 Å². The monoisotopic (exact) mass is 295 g/mol. The Morgan fingerprint density at radius 3 is 2.90 bits per heavy atom. The molecule has 0 aliphatic rings. The predicted octanol–water partition coefficient (Wildman–Crippen LogP) is 1.14. The maximum absolute atomic E-state index is 13.0. The van der Waals surface area contributed by atoms with Gasteiger partial charge in [0.25, 0.3) is 5.69 Å². The van der Waals surface area contributed by atoms with Crippen molar-refractivity contribution in [3.63, 3.8) is 0 Å². The summed E-state index contributed by atoms with van der Waals surface area (Å²) in [6.45, 7) is 0.476. The third kappa shape index (κ3) is 3.49. The number of anilines is 1. The molecule has 1 aromatic carbocycles. The lowest BCUT2D eigenvalue weighted by Gasteiger charge is -2.06. The van der Waals surface area contributed by atoms with Crippen molar-refractivity contribution in [2.75, 3.05) is 11.9 Å². The molecular weight excluding hydrogens is 285 g/mol. The molecule has 21 heavy (non-hydrogen) atoms. The molecule has 0 atom stereocenters. The van der Waals surface area contributed by atoms with Gasteiger partial charge in [0.05, 0.1) is 23.7 Å². The van der Waals surface area contributed by atoms with Crippen molar-refractivity contribution in [1.82, 2.24) is 15.0 Å². The summed E-state index contributed by atoms with van der Waals surface area (Å²) in [5.41, 5.74) is -0.400. The minimum atomic E-state index is -1.19. The molecule has 0 saturated heterocycles. The van der Waals surface area contributed by atoms with Crippen molar-refractivity contribution in [3.05, 3.63) is 46.0 Å². The van der Waals surface area contributed by atoms with Crippen LogP contribution in [-0.2, 0) is 6.54 Å². The van der Waals surface area contributed by atoms with Crippen LogP contribution in [0.2, 0.25) is 0 Å². The van der Waals surface area contributed by atoms with Gasteiger partial charge in [-0.05, 0) is 12.1 Å². The van der Waals surface area contributed by atoms with Crippen molar-refractivity contribution < 1.29 is 19.2 Å². The van der Waals surface area contributed by atoms with Crippen molar-refractivity contribution in [1.29, 1.82) is 0 Å². The van der Waals surface area contributed by atoms with Crippen molar-refractivity contribution in [2.24, 2.45) is 0 Å². The number of nitro benzene ring substituents is 1. The van der Waals surface area contributed by atoms with Crippen LogP contribution in [0.5, 0.6) is 0 Å². The van der Waals surface area contributed by atoms with Crippen LogP contribution in [-0.4, -0.2) is 37.5 Å². The van der Waals surface area contributed by atoms with Crippen LogP contribution in [0, 0.1) is 15.9 Å². The lowest BCUT2D eigenvalue weighted by atomic mass is 10.2. The number of benzene rings is 1. The number of aromatic nitrogens is 3. The molecule has 110 valence electrons. The summed E-state index contributed by atoms with van der Waals surface area (Å²) in [6, 6.07) is 3.19. The van der Waals surface area contributed by atoms with Crippen molar-refractivity contribution in [2.45, 2.75) is 6.54 Å². The zero-order valence-corrected chi connectivity index (χ0v) is 10.6. The standard InChI is InChI=1S/C11H10FN5O4/c12-7-1-2-8(10(5-7)17(20)21)13-3-4-16-6-9(11(18)19)14-15-16/h1-2,5-6,13H,3-4H2,(H,18,19). The molecule has 9 nitrogen and oxygen atoms in total. The molecular formula is C11H10FN5O4. The molecule has 0 amide bonds. The first kappa shape index (κ1) is 14.4. The summed E-state index contributed by atoms with van der Waals surface area (Å²) in [5.74, 6) is -1.89. The number of nitrogens with one attached hydrogen (secondary N) is 1. The van der Waals surface area contributed by atoms with E-state index in [0.717, 1.165) is 12.1 Å². The molecule has 0 fully saturated rings. The molecule has 0 unspecified atom stereocenters. The molecule has 0 saturated carbocycles. The van der Waals surface area contributed by atoms with E-state index in [9.17, 15) is 19.3 Å². The van der Waals surface area contributed by atoms with Gasteiger partial charge in [0.2, 0.25) is 0 Å². The maximum atomic E-state index is 13.0. The quantitative estimate of drug-likeness (QED) is 0.604. The van der Waals surface area contributed by atoms with Crippen molar-refractivity contribution >= 4 is 17.3 Å². The average Bonchev–Trinajstić information content (AvgIpc) is 2.89. The second-order valence-corrected chi connectivity index (χ2v) is 4.02. The Labute approximate surface area is 117 Å². The fourth-order valence-electron chi connectivity index (χ4n) is 1.62. The number of aromatic carboxylic acids is 1. The number of carboxylic acid groups (broad SMARTS) is 1. The highest BCUT2D eigenvalue weighted by atomic mass is 19.1. The van der Waals surface area contributed by atoms with E-state index in [4.69, 9.17) is 5.11 Å². The van der Waals surface area contributed by atoms with Crippen LogP contribution in [0.4, 0.5) is 15.8 Å². The molecule has 10 heteroatoms. The number of nitro groups is 1. The minimum Gasteiger partial charge on any atom is -0.476 e. The zero-order valence-electron chi connectivity index (χ0n) is 10.6. The summed E-state index contributed by atoms with van der Waals surface area (Å²) < 4.78 is 14.2. The van der Waals surface area contributed by atoms with Crippen LogP contribution in [0.3, 0.4) is 0 Å². The molecule has 2 N–H and O–H groups in total. The summed E-state index contributed by atoms with van der Waals surface area (Å²) in [6.07, 6.45) is 1.24. The molecule has 0 aliphatic carbocycles. The normalized spacial score (nSPS) is 10.3. The Morgan fingerprint density at radius 1 is 1.52 bits per heavy atom. The van der Waals surface area contributed by atoms with Gasteiger partial charge in [0.1, 0.15) is 11.5 Å². The Kier molecular flexibility index (Phi) is 4.07. The van der Waals surface area contributed by atoms with Gasteiger partial charge < -0.3 is 10.4 Å². The number of rotatable bonds is 6. The number of hydrogen-bond donors (Lipinski definition) is 2. The third-order valence-corrected chi connectivity index (χ3v) is 2.57. The largest absolute Gasteiger partial charge is 0.476 e. The van der Waals surface area contributed by atoms with E-state index in [1.165, 1.54) is 16.9 Å². The van der Waals surface area contributed by atoms with Crippen LogP contribution in [0.15, 0.2) is 24.4 Å². The summed E-state index contributed by atoms with van der Waals surface area (Å²) in [5, 5.41) is 29.3. The van der Waals surface area contributed by atoms with Gasteiger partial charge in [-0.15, -0.1) is 5.10 Å². The molecule has 0 aliphatic heterocycles. The van der Waals surface area contributed by atoms with Crippen LogP contribution in [0.1, 0.15) is 10.5 Å². The highest BCUT2D eigenvalue weighted by Gasteiger charge is 2.14. The predicted molar refractivity (Wildman–Crippen MR) is 68.5 cm³/mol. The van der Waals surface area contributed by atoms with Crippen molar-refractivity contribution in [3.8, 4) is 0 Å². The Hall–Kier alpha value is -3.04. The topological polar surface area (TPSA) is 123 Å². The second-order valence-electron chi connectivity index (χ2n) is 4.02. The zero-order chi connectivity index (χ0) is 15.4. The highest BCUT2D eigenvalue weighted by molar-refractivity contribution is 5.84. The smallest absolute Gasteiger partial charge is 0.358 e. The van der Waals surface area contributed by atoms with Gasteiger partial charge in [-0.3, -0.25) is 10.1 Å². The first-order valence-electron chi connectivity index (χ1n) is 5.78. The van der Waals surface area contributed by atoms with Gasteiger partial charge in [0, 0.05) is 6.54 Å². The number of nitrogens with zero attached hydrogens (tertiary/aromatic N) is 4. The lowest BCUT2D eigenvalue weighted by molar-refractivity contribution is -0.384. The van der Waals surface area contributed by atoms with Gasteiger partial charge in [-0.2, -0.15) is 0 Å². The van der Waals surface area contributed by atoms with Gasteiger partial charge in [-0.1, -0.05) is 5.21 Å². The van der Waals surface area contributed by atoms with Gasteiger partial charge in [0.15, 0.2) is 5.69 Å². The number of carboxylic acids is 1. The average molecular weight is 295 g/mol. The number of hydrogen-bond acceptors (Lipinski definition) is 6. The van der Waals surface area contributed by atoms with Crippen LogP contribution in [0.25, 0.3) is 0 Å². The van der Waals surface area contributed by atoms with Crippen LogP contribution < -0.4 is 5.32 Å². The van der Waals surface area contributed by atoms with Crippen LogP contribution >= 0.6 is 0 Å². The second kappa shape index (κ2) is 5.94. The van der Waals surface area contributed by atoms with Gasteiger partial charge in [-0.25, -0.2) is 13.9 Å². The van der Waals surface area contributed by atoms with E-state index in [-0.39, 0.29) is 30.2 Å². The number of halogens is 1. The molecule has 0 radical (unpaired) electrons. The first-order chi connectivity index (χ1) is 9.97. The fraction of sp³-hybridized carbons (Fsp3) is 0.182. The maximum Gasteiger partial charge on any atom is 0.358 e. The van der Waals surface area contributed by atoms with E-state index in [2.05, 4.69) is 15.6 Å². The molecule has 0 bridgehead atoms. The Morgan fingerprint density at radius 2 is 2.29 bits per heavy atom. The first-order valence-corrected chi connectivity index (χ1v) is 5.78. The molecule has 2 rings (SSSR count). The van der Waals surface area contributed by atoms with E-state index >= 15 is 0 Å². The highest BCUT2D eigenvalue weighted by Crippen LogP contribution is 2.24. The molecule has 2 aromatic rings. The van der Waals surface area contributed by atoms with E-state index in [0.29, 0.717) is 0 Å². The molecule has 0 spiro atoms. The Bertz CT molecular complexity index is 687. The SMILES string of the molecule is O=C(O)c1cn(CCNc2ccc(F)cc2[N+](=O)[O-])nn1. The fourth-order valence-corrected chi connectivity index (χ4v) is 1.62. The molecule has 1 heterocycles. The third-order valence-electron chi connectivity index (χ3n) is 2.57. The van der Waals surface area contributed by atoms with E-state index < -0.39 is 16.7 Å². The summed E-state index contributed by atoms with van der Waals surface area (Å²) in [4.78, 5) is 20.7. The molecule has 1 aromatic heterocycles. The lowest BCUT2D eigenvalue weighted by Crippen LogP contribution is -2.12.